The lowest BCUT2D eigenvalue weighted by molar-refractivity contribution is -0.117. The second-order valence-electron chi connectivity index (χ2n) is 7.63. The van der Waals surface area contributed by atoms with Crippen LogP contribution in [0.1, 0.15) is 24.5 Å². The maximum atomic E-state index is 12.6. The Morgan fingerprint density at radius 1 is 1.27 bits per heavy atom. The number of anilines is 2. The number of nitrogens with one attached hydrogen (secondary N) is 1. The summed E-state index contributed by atoms with van der Waals surface area (Å²) in [7, 11) is -1.03. The van der Waals surface area contributed by atoms with Crippen molar-refractivity contribution in [1.82, 2.24) is 4.98 Å². The largest absolute Gasteiger partial charge is 0.351 e. The molecule has 1 amide bonds. The number of rotatable bonds is 4. The monoisotopic (exact) mass is 422 g/mol. The highest BCUT2D eigenvalue weighted by Crippen LogP contribution is 2.30. The fourth-order valence-electron chi connectivity index (χ4n) is 3.64. The van der Waals surface area contributed by atoms with E-state index in [2.05, 4.69) is 10.2 Å². The molecule has 0 spiro atoms. The van der Waals surface area contributed by atoms with Crippen molar-refractivity contribution in [1.29, 1.82) is 0 Å². The molecule has 6 nitrogen and oxygen atoms in total. The Morgan fingerprint density at radius 3 is 2.87 bits per heavy atom. The van der Waals surface area contributed by atoms with Gasteiger partial charge in [-0.05, 0) is 37.1 Å². The lowest BCUT2D eigenvalue weighted by atomic mass is 10.1. The van der Waals surface area contributed by atoms with E-state index in [1.54, 1.807) is 0 Å². The summed E-state index contributed by atoms with van der Waals surface area (Å²) in [5.74, 6) is 1.08. The molecule has 1 aliphatic rings. The van der Waals surface area contributed by atoms with Crippen LogP contribution in [0.5, 0.6) is 0 Å². The molecule has 3 N–H and O–H groups in total. The maximum Gasteiger partial charge on any atom is 0.241 e. The summed E-state index contributed by atoms with van der Waals surface area (Å²) < 4.78 is 12.6. The zero-order valence-electron chi connectivity index (χ0n) is 17.2. The third-order valence-electron chi connectivity index (χ3n) is 5.43. The number of fused-ring (bicyclic) bond motifs is 2. The molecule has 3 aromatic rings. The molecule has 7 heteroatoms. The maximum absolute atomic E-state index is 12.6. The number of aromatic nitrogens is 1. The highest BCUT2D eigenvalue weighted by Gasteiger charge is 2.22. The van der Waals surface area contributed by atoms with E-state index in [0.29, 0.717) is 31.0 Å². The van der Waals surface area contributed by atoms with Gasteiger partial charge in [-0.15, -0.1) is 0 Å². The molecule has 0 radical (unpaired) electrons. The summed E-state index contributed by atoms with van der Waals surface area (Å²) in [6, 6.07) is 15.2. The van der Waals surface area contributed by atoms with Crippen LogP contribution in [-0.2, 0) is 22.1 Å². The van der Waals surface area contributed by atoms with Crippen LogP contribution in [0.2, 0.25) is 0 Å². The first-order chi connectivity index (χ1) is 14.5. The second-order valence-corrected chi connectivity index (χ2v) is 9.17. The normalized spacial score (nSPS) is 17.3. The minimum Gasteiger partial charge on any atom is -0.351 e. The summed E-state index contributed by atoms with van der Waals surface area (Å²) in [6.45, 7) is 5.14. The SMILES string of the molecule is CCC(N)C(=O)Nc1cc(N2CCS(=O)c3ccccc3C2)nc2ccc(C)cc12. The Hall–Kier alpha value is -2.77. The van der Waals surface area contributed by atoms with Crippen molar-refractivity contribution in [2.24, 2.45) is 5.73 Å². The van der Waals surface area contributed by atoms with E-state index in [0.717, 1.165) is 32.7 Å². The predicted octanol–water partition coefficient (Wildman–Crippen LogP) is 3.35. The van der Waals surface area contributed by atoms with Crippen LogP contribution in [0.25, 0.3) is 10.9 Å². The first-order valence-electron chi connectivity index (χ1n) is 10.2. The molecule has 156 valence electrons. The molecule has 0 aliphatic carbocycles. The Balaban J connectivity index is 1.77. The zero-order valence-corrected chi connectivity index (χ0v) is 18.0. The number of nitrogens with zero attached hydrogens (tertiary/aromatic N) is 2. The minimum absolute atomic E-state index is 0.209. The molecule has 2 heterocycles. The van der Waals surface area contributed by atoms with Gasteiger partial charge in [-0.25, -0.2) is 4.98 Å². The first-order valence-corrected chi connectivity index (χ1v) is 11.5. The molecule has 2 unspecified atom stereocenters. The summed E-state index contributed by atoms with van der Waals surface area (Å²) >= 11 is 0. The molecule has 2 aromatic carbocycles. The van der Waals surface area contributed by atoms with Gasteiger partial charge < -0.3 is 16.0 Å². The molecule has 0 bridgehead atoms. The third kappa shape index (κ3) is 4.08. The Kier molecular flexibility index (Phi) is 5.83. The number of nitrogens with two attached hydrogens (primary N) is 1. The average molecular weight is 423 g/mol. The first kappa shape index (κ1) is 20.5. The predicted molar refractivity (Wildman–Crippen MR) is 122 cm³/mol. The van der Waals surface area contributed by atoms with E-state index < -0.39 is 16.8 Å². The number of hydrogen-bond donors (Lipinski definition) is 2. The van der Waals surface area contributed by atoms with Gasteiger partial charge in [0.1, 0.15) is 5.82 Å². The molecular formula is C23H26N4O2S. The number of benzene rings is 2. The van der Waals surface area contributed by atoms with Crippen molar-refractivity contribution in [2.45, 2.75) is 37.8 Å². The highest BCUT2D eigenvalue weighted by molar-refractivity contribution is 7.85. The lowest BCUT2D eigenvalue weighted by Gasteiger charge is -2.23. The third-order valence-corrected chi connectivity index (χ3v) is 6.88. The lowest BCUT2D eigenvalue weighted by Crippen LogP contribution is -2.35. The molecule has 0 saturated carbocycles. The van der Waals surface area contributed by atoms with E-state index in [1.165, 1.54) is 0 Å². The van der Waals surface area contributed by atoms with Crippen molar-refractivity contribution >= 4 is 39.1 Å². The van der Waals surface area contributed by atoms with Crippen molar-refractivity contribution in [3.8, 4) is 0 Å². The van der Waals surface area contributed by atoms with Gasteiger partial charge in [0.05, 0.1) is 28.0 Å². The molecule has 0 saturated heterocycles. The fraction of sp³-hybridized carbons (Fsp3) is 0.304. The van der Waals surface area contributed by atoms with Crippen molar-refractivity contribution in [3.63, 3.8) is 0 Å². The Bertz CT molecular complexity index is 1130. The van der Waals surface area contributed by atoms with Crippen LogP contribution in [0.3, 0.4) is 0 Å². The van der Waals surface area contributed by atoms with E-state index in [9.17, 15) is 9.00 Å². The molecule has 2 atom stereocenters. The number of hydrogen-bond acceptors (Lipinski definition) is 5. The topological polar surface area (TPSA) is 88.3 Å². The van der Waals surface area contributed by atoms with Crippen LogP contribution >= 0.6 is 0 Å². The van der Waals surface area contributed by atoms with E-state index in [-0.39, 0.29) is 5.91 Å². The average Bonchev–Trinajstić information content (AvgIpc) is 2.92. The Labute approximate surface area is 178 Å². The van der Waals surface area contributed by atoms with Crippen LogP contribution < -0.4 is 16.0 Å². The number of pyridine rings is 1. The van der Waals surface area contributed by atoms with Gasteiger partial charge in [-0.1, -0.05) is 36.8 Å². The number of aryl methyl sites for hydroxylation is 1. The molecule has 4 rings (SSSR count). The van der Waals surface area contributed by atoms with Gasteiger partial charge in [0.25, 0.3) is 0 Å². The van der Waals surface area contributed by atoms with Crippen molar-refractivity contribution in [2.75, 3.05) is 22.5 Å². The number of carbonyl (C=O) groups is 1. The number of carbonyl (C=O) groups excluding carboxylic acids is 1. The summed E-state index contributed by atoms with van der Waals surface area (Å²) in [6.07, 6.45) is 0.565. The summed E-state index contributed by atoms with van der Waals surface area (Å²) in [5, 5.41) is 3.88. The highest BCUT2D eigenvalue weighted by atomic mass is 32.2. The van der Waals surface area contributed by atoms with Crippen LogP contribution in [0.15, 0.2) is 53.4 Å². The van der Waals surface area contributed by atoms with Crippen LogP contribution in [-0.4, -0.2) is 33.4 Å². The summed E-state index contributed by atoms with van der Waals surface area (Å²) in [4.78, 5) is 20.4. The Morgan fingerprint density at radius 2 is 2.07 bits per heavy atom. The molecule has 30 heavy (non-hydrogen) atoms. The van der Waals surface area contributed by atoms with Gasteiger partial charge in [-0.2, -0.15) is 0 Å². The molecule has 1 aromatic heterocycles. The zero-order chi connectivity index (χ0) is 21.3. The van der Waals surface area contributed by atoms with E-state index in [4.69, 9.17) is 10.7 Å². The van der Waals surface area contributed by atoms with Gasteiger partial charge >= 0.3 is 0 Å². The summed E-state index contributed by atoms with van der Waals surface area (Å²) in [5.41, 5.74) is 9.57. The van der Waals surface area contributed by atoms with Gasteiger partial charge in [-0.3, -0.25) is 9.00 Å². The van der Waals surface area contributed by atoms with E-state index in [1.807, 2.05) is 62.4 Å². The van der Waals surface area contributed by atoms with Crippen LogP contribution in [0.4, 0.5) is 11.5 Å². The fourth-order valence-corrected chi connectivity index (χ4v) is 4.90. The van der Waals surface area contributed by atoms with Crippen molar-refractivity contribution < 1.29 is 9.00 Å². The van der Waals surface area contributed by atoms with Gasteiger partial charge in [0.15, 0.2) is 0 Å². The molecular weight excluding hydrogens is 396 g/mol. The standard InChI is InChI=1S/C23H26N4O2S/c1-3-18(24)23(28)26-20-13-22(25-19-9-8-15(2)12-17(19)20)27-10-11-30(29)21-7-5-4-6-16(21)14-27/h4-9,12-13,18H,3,10-11,14,24H2,1-2H3,(H,25,26,28). The van der Waals surface area contributed by atoms with Gasteiger partial charge in [0.2, 0.25) is 5.91 Å². The van der Waals surface area contributed by atoms with Gasteiger partial charge in [0, 0.05) is 35.2 Å². The quantitative estimate of drug-likeness (QED) is 0.673. The smallest absolute Gasteiger partial charge is 0.241 e. The second kappa shape index (κ2) is 8.53. The van der Waals surface area contributed by atoms with Crippen molar-refractivity contribution in [3.05, 3.63) is 59.7 Å². The molecule has 0 fully saturated rings. The number of amides is 1. The molecule has 1 aliphatic heterocycles. The van der Waals surface area contributed by atoms with Crippen LogP contribution in [0, 0.1) is 6.92 Å². The van der Waals surface area contributed by atoms with E-state index >= 15 is 0 Å². The minimum atomic E-state index is -1.03.